The van der Waals surface area contributed by atoms with Gasteiger partial charge in [-0.1, -0.05) is 12.1 Å². The van der Waals surface area contributed by atoms with Gasteiger partial charge in [0.15, 0.2) is 0 Å². The molecule has 1 unspecified atom stereocenters. The van der Waals surface area contributed by atoms with E-state index < -0.39 is 5.54 Å². The predicted octanol–water partition coefficient (Wildman–Crippen LogP) is 1.54. The van der Waals surface area contributed by atoms with Crippen LogP contribution in [0.2, 0.25) is 0 Å². The van der Waals surface area contributed by atoms with Gasteiger partial charge in [-0.25, -0.2) is 0 Å². The molecule has 1 aromatic rings. The Hall–Kier alpha value is -1.06. The zero-order valence-corrected chi connectivity index (χ0v) is 10.5. The molecule has 94 valence electrons. The van der Waals surface area contributed by atoms with Crippen molar-refractivity contribution in [3.63, 3.8) is 0 Å². The van der Waals surface area contributed by atoms with Gasteiger partial charge in [0.05, 0.1) is 6.61 Å². The molecule has 2 rings (SSSR count). The fraction of sp³-hybridized carbons (Fsp3) is 0.571. The van der Waals surface area contributed by atoms with Crippen molar-refractivity contribution in [1.29, 1.82) is 0 Å². The van der Waals surface area contributed by atoms with E-state index in [-0.39, 0.29) is 6.61 Å². The molecule has 0 radical (unpaired) electrons. The highest BCUT2D eigenvalue weighted by Gasteiger charge is 2.18. The maximum Gasteiger partial charge on any atom is 0.0611 e. The Balaban J connectivity index is 2.02. The van der Waals surface area contributed by atoms with Crippen LogP contribution in [0, 0.1) is 0 Å². The number of aliphatic hydroxyl groups is 1. The number of hydrogen-bond donors (Lipinski definition) is 2. The Kier molecular flexibility index (Phi) is 3.69. The minimum absolute atomic E-state index is 0.0148. The summed E-state index contributed by atoms with van der Waals surface area (Å²) in [7, 11) is 0. The quantitative estimate of drug-likeness (QED) is 0.831. The van der Waals surface area contributed by atoms with Crippen LogP contribution >= 0.6 is 0 Å². The fourth-order valence-electron chi connectivity index (χ4n) is 2.32. The van der Waals surface area contributed by atoms with E-state index in [9.17, 15) is 0 Å². The highest BCUT2D eigenvalue weighted by molar-refractivity contribution is 5.48. The number of rotatable bonds is 4. The summed E-state index contributed by atoms with van der Waals surface area (Å²) in [5, 5.41) is 9.15. The molecule has 0 amide bonds. The zero-order chi connectivity index (χ0) is 12.3. The average molecular weight is 234 g/mol. The van der Waals surface area contributed by atoms with Gasteiger partial charge in [-0.2, -0.15) is 0 Å². The van der Waals surface area contributed by atoms with Gasteiger partial charge in [-0.05, 0) is 43.9 Å². The summed E-state index contributed by atoms with van der Waals surface area (Å²) >= 11 is 0. The number of benzene rings is 1. The van der Waals surface area contributed by atoms with Gasteiger partial charge in [0, 0.05) is 24.3 Å². The highest BCUT2D eigenvalue weighted by Crippen LogP contribution is 2.21. The average Bonchev–Trinajstić information content (AvgIpc) is 2.83. The molecule has 17 heavy (non-hydrogen) atoms. The second-order valence-electron chi connectivity index (χ2n) is 5.35. The van der Waals surface area contributed by atoms with Crippen molar-refractivity contribution in [2.45, 2.75) is 31.7 Å². The van der Waals surface area contributed by atoms with Crippen molar-refractivity contribution in [2.75, 3.05) is 24.6 Å². The molecule has 1 fully saturated rings. The van der Waals surface area contributed by atoms with Crippen LogP contribution < -0.4 is 10.6 Å². The molecule has 1 aromatic carbocycles. The van der Waals surface area contributed by atoms with Crippen LogP contribution in [0.3, 0.4) is 0 Å². The minimum atomic E-state index is -0.519. The smallest absolute Gasteiger partial charge is 0.0611 e. The lowest BCUT2D eigenvalue weighted by Crippen LogP contribution is -2.42. The first kappa shape index (κ1) is 12.4. The molecule has 1 aliphatic heterocycles. The van der Waals surface area contributed by atoms with Crippen molar-refractivity contribution < 1.29 is 5.11 Å². The van der Waals surface area contributed by atoms with E-state index in [1.54, 1.807) is 0 Å². The highest BCUT2D eigenvalue weighted by atomic mass is 16.3. The third kappa shape index (κ3) is 3.20. The Morgan fingerprint density at radius 2 is 1.82 bits per heavy atom. The van der Waals surface area contributed by atoms with Crippen molar-refractivity contribution in [2.24, 2.45) is 5.73 Å². The van der Waals surface area contributed by atoms with E-state index in [1.165, 1.54) is 37.2 Å². The van der Waals surface area contributed by atoms with Gasteiger partial charge in [-0.3, -0.25) is 0 Å². The van der Waals surface area contributed by atoms with Crippen LogP contribution in [0.15, 0.2) is 24.3 Å². The second-order valence-corrected chi connectivity index (χ2v) is 5.35. The van der Waals surface area contributed by atoms with Crippen LogP contribution in [0.5, 0.6) is 0 Å². The summed E-state index contributed by atoms with van der Waals surface area (Å²) in [4.78, 5) is 2.41. The summed E-state index contributed by atoms with van der Waals surface area (Å²) in [6.45, 7) is 4.23. The zero-order valence-electron chi connectivity index (χ0n) is 10.5. The van der Waals surface area contributed by atoms with Crippen LogP contribution in [0.4, 0.5) is 5.69 Å². The first-order valence-corrected chi connectivity index (χ1v) is 6.34. The van der Waals surface area contributed by atoms with Crippen molar-refractivity contribution >= 4 is 5.69 Å². The number of nitrogens with two attached hydrogens (primary N) is 1. The van der Waals surface area contributed by atoms with Gasteiger partial charge >= 0.3 is 0 Å². The van der Waals surface area contributed by atoms with Crippen LogP contribution in [-0.4, -0.2) is 30.3 Å². The van der Waals surface area contributed by atoms with E-state index in [0.717, 1.165) is 0 Å². The van der Waals surface area contributed by atoms with Crippen LogP contribution in [-0.2, 0) is 6.42 Å². The normalized spacial score (nSPS) is 19.4. The third-order valence-corrected chi connectivity index (χ3v) is 3.38. The van der Waals surface area contributed by atoms with E-state index in [4.69, 9.17) is 10.8 Å². The molecule has 0 bridgehead atoms. The summed E-state index contributed by atoms with van der Waals surface area (Å²) in [5.74, 6) is 0. The first-order chi connectivity index (χ1) is 8.11. The molecule has 0 aliphatic carbocycles. The Morgan fingerprint density at radius 3 is 2.35 bits per heavy atom. The molecule has 1 aliphatic rings. The molecule has 3 nitrogen and oxygen atoms in total. The summed E-state index contributed by atoms with van der Waals surface area (Å²) < 4.78 is 0. The lowest BCUT2D eigenvalue weighted by molar-refractivity contribution is 0.208. The van der Waals surface area contributed by atoms with Gasteiger partial charge in [-0.15, -0.1) is 0 Å². The number of aliphatic hydroxyl groups excluding tert-OH is 1. The van der Waals surface area contributed by atoms with Gasteiger partial charge in [0.1, 0.15) is 0 Å². The molecule has 1 heterocycles. The van der Waals surface area contributed by atoms with Gasteiger partial charge in [0.25, 0.3) is 0 Å². The second kappa shape index (κ2) is 5.07. The Bertz CT molecular complexity index is 353. The molecular weight excluding hydrogens is 212 g/mol. The van der Waals surface area contributed by atoms with Crippen LogP contribution in [0.25, 0.3) is 0 Å². The molecule has 0 aromatic heterocycles. The Labute approximate surface area is 103 Å². The van der Waals surface area contributed by atoms with Crippen molar-refractivity contribution in [3.05, 3.63) is 29.8 Å². The fourth-order valence-corrected chi connectivity index (χ4v) is 2.32. The number of nitrogens with zero attached hydrogens (tertiary/aromatic N) is 1. The minimum Gasteiger partial charge on any atom is -0.394 e. The molecule has 3 heteroatoms. The lowest BCUT2D eigenvalue weighted by Gasteiger charge is -2.22. The van der Waals surface area contributed by atoms with E-state index in [1.807, 2.05) is 6.92 Å². The topological polar surface area (TPSA) is 49.5 Å². The first-order valence-electron chi connectivity index (χ1n) is 6.34. The standard InChI is InChI=1S/C14H22N2O/c1-14(15,11-17)10-12-4-6-13(7-5-12)16-8-2-3-9-16/h4-7,17H,2-3,8-11,15H2,1H3. The summed E-state index contributed by atoms with van der Waals surface area (Å²) in [5.41, 5.74) is 7.92. The van der Waals surface area contributed by atoms with Gasteiger partial charge < -0.3 is 15.7 Å². The number of hydrogen-bond acceptors (Lipinski definition) is 3. The molecule has 0 spiro atoms. The largest absolute Gasteiger partial charge is 0.394 e. The molecule has 0 saturated carbocycles. The van der Waals surface area contributed by atoms with E-state index in [2.05, 4.69) is 29.2 Å². The monoisotopic (exact) mass is 234 g/mol. The Morgan fingerprint density at radius 1 is 1.24 bits per heavy atom. The maximum atomic E-state index is 9.15. The molecule has 1 atom stereocenters. The lowest BCUT2D eigenvalue weighted by atomic mass is 9.95. The molecule has 1 saturated heterocycles. The third-order valence-electron chi connectivity index (χ3n) is 3.38. The van der Waals surface area contributed by atoms with Crippen LogP contribution in [0.1, 0.15) is 25.3 Å². The van der Waals surface area contributed by atoms with Crippen molar-refractivity contribution in [3.8, 4) is 0 Å². The summed E-state index contributed by atoms with van der Waals surface area (Å²) in [6.07, 6.45) is 3.31. The predicted molar refractivity (Wildman–Crippen MR) is 71.3 cm³/mol. The molecule has 3 N–H and O–H groups in total. The van der Waals surface area contributed by atoms with Gasteiger partial charge in [0.2, 0.25) is 0 Å². The maximum absolute atomic E-state index is 9.15. The van der Waals surface area contributed by atoms with E-state index >= 15 is 0 Å². The van der Waals surface area contributed by atoms with E-state index in [0.29, 0.717) is 6.42 Å². The number of anilines is 1. The summed E-state index contributed by atoms with van der Waals surface area (Å²) in [6, 6.07) is 8.56. The molecular formula is C14H22N2O. The van der Waals surface area contributed by atoms with Crippen molar-refractivity contribution in [1.82, 2.24) is 0 Å². The SMILES string of the molecule is CC(N)(CO)Cc1ccc(N2CCCC2)cc1.